The second-order valence-electron chi connectivity index (χ2n) is 10.4. The molecule has 0 fully saturated rings. The molecule has 44 heavy (non-hydrogen) atoms. The largest absolute Gasteiger partial charge is 0.490 e. The van der Waals surface area contributed by atoms with E-state index in [0.29, 0.717) is 26.2 Å². The van der Waals surface area contributed by atoms with Gasteiger partial charge in [0, 0.05) is 13.0 Å². The Bertz CT molecular complexity index is 1540. The van der Waals surface area contributed by atoms with Crippen LogP contribution < -0.4 is 4.74 Å². The number of ether oxygens (including phenoxy) is 3. The van der Waals surface area contributed by atoms with E-state index in [4.69, 9.17) is 14.2 Å². The van der Waals surface area contributed by atoms with E-state index >= 15 is 0 Å². The standard InChI is InChI=1S/C40H38O4/c1-3-42-39(40(41)43-4-2)29-30-15-25-37(26-16-30)44-28-27-38(35-21-17-33(18-22-35)31-11-7-5-8-12-31)36-23-19-34(20-24-36)32-13-9-6-10-14-32/h5-27,39H,3-4,28-29H2,1-2H3/t39-/m0/s1. The predicted molar refractivity (Wildman–Crippen MR) is 179 cm³/mol. The van der Waals surface area contributed by atoms with Crippen molar-refractivity contribution in [3.63, 3.8) is 0 Å². The van der Waals surface area contributed by atoms with Crippen LogP contribution in [0.25, 0.3) is 27.8 Å². The molecule has 5 aromatic rings. The topological polar surface area (TPSA) is 44.8 Å². The van der Waals surface area contributed by atoms with Crippen molar-refractivity contribution in [2.24, 2.45) is 0 Å². The molecule has 0 aliphatic heterocycles. The van der Waals surface area contributed by atoms with Crippen molar-refractivity contribution in [1.29, 1.82) is 0 Å². The maximum atomic E-state index is 12.2. The molecule has 0 aromatic heterocycles. The summed E-state index contributed by atoms with van der Waals surface area (Å²) in [6.45, 7) is 4.86. The van der Waals surface area contributed by atoms with Crippen LogP contribution in [0.3, 0.4) is 0 Å². The highest BCUT2D eigenvalue weighted by molar-refractivity contribution is 5.82. The first-order valence-electron chi connectivity index (χ1n) is 15.2. The highest BCUT2D eigenvalue weighted by Gasteiger charge is 2.20. The Balaban J connectivity index is 1.34. The average molecular weight is 583 g/mol. The molecule has 0 saturated carbocycles. The summed E-state index contributed by atoms with van der Waals surface area (Å²) in [7, 11) is 0. The van der Waals surface area contributed by atoms with Crippen molar-refractivity contribution < 1.29 is 19.0 Å². The van der Waals surface area contributed by atoms with E-state index in [1.807, 2.05) is 43.3 Å². The molecule has 0 aliphatic rings. The van der Waals surface area contributed by atoms with Crippen molar-refractivity contribution in [2.45, 2.75) is 26.4 Å². The van der Waals surface area contributed by atoms with Gasteiger partial charge in [0.25, 0.3) is 0 Å². The molecule has 0 saturated heterocycles. The number of rotatable bonds is 13. The van der Waals surface area contributed by atoms with Crippen molar-refractivity contribution in [3.8, 4) is 28.0 Å². The molecule has 0 heterocycles. The van der Waals surface area contributed by atoms with Crippen LogP contribution in [0, 0.1) is 0 Å². The van der Waals surface area contributed by atoms with Gasteiger partial charge in [-0.25, -0.2) is 4.79 Å². The monoisotopic (exact) mass is 582 g/mol. The molecule has 0 aliphatic carbocycles. The Morgan fingerprint density at radius 2 is 1.11 bits per heavy atom. The van der Waals surface area contributed by atoms with Crippen LogP contribution in [0.5, 0.6) is 5.75 Å². The zero-order chi connectivity index (χ0) is 30.6. The lowest BCUT2D eigenvalue weighted by molar-refractivity contribution is -0.156. The number of hydrogen-bond donors (Lipinski definition) is 0. The normalized spacial score (nSPS) is 11.4. The first-order chi connectivity index (χ1) is 21.6. The van der Waals surface area contributed by atoms with Crippen LogP contribution in [0.15, 0.2) is 140 Å². The van der Waals surface area contributed by atoms with E-state index in [9.17, 15) is 4.79 Å². The Kier molecular flexibility index (Phi) is 10.8. The zero-order valence-electron chi connectivity index (χ0n) is 25.3. The third-order valence-electron chi connectivity index (χ3n) is 7.41. The van der Waals surface area contributed by atoms with Gasteiger partial charge in [0.05, 0.1) is 6.61 Å². The van der Waals surface area contributed by atoms with Gasteiger partial charge in [0.2, 0.25) is 0 Å². The van der Waals surface area contributed by atoms with E-state index in [1.54, 1.807) is 6.92 Å². The van der Waals surface area contributed by atoms with Gasteiger partial charge < -0.3 is 14.2 Å². The molecule has 0 bridgehead atoms. The van der Waals surface area contributed by atoms with Gasteiger partial charge in [0.15, 0.2) is 6.10 Å². The summed E-state index contributed by atoms with van der Waals surface area (Å²) >= 11 is 0. The van der Waals surface area contributed by atoms with Gasteiger partial charge in [-0.2, -0.15) is 0 Å². The van der Waals surface area contributed by atoms with Gasteiger partial charge in [-0.3, -0.25) is 0 Å². The van der Waals surface area contributed by atoms with E-state index in [0.717, 1.165) is 28.0 Å². The molecular formula is C40H38O4. The van der Waals surface area contributed by atoms with Gasteiger partial charge in [-0.15, -0.1) is 0 Å². The predicted octanol–water partition coefficient (Wildman–Crippen LogP) is 9.04. The summed E-state index contributed by atoms with van der Waals surface area (Å²) in [4.78, 5) is 12.2. The summed E-state index contributed by atoms with van der Waals surface area (Å²) in [5.41, 5.74) is 9.08. The molecule has 0 radical (unpaired) electrons. The number of esters is 1. The third kappa shape index (κ3) is 8.12. The molecule has 5 aromatic carbocycles. The Morgan fingerprint density at radius 1 is 0.614 bits per heavy atom. The molecule has 4 nitrogen and oxygen atoms in total. The fourth-order valence-corrected chi connectivity index (χ4v) is 5.15. The fourth-order valence-electron chi connectivity index (χ4n) is 5.15. The Hall–Kier alpha value is -4.93. The minimum Gasteiger partial charge on any atom is -0.490 e. The summed E-state index contributed by atoms with van der Waals surface area (Å²) in [6, 6.07) is 46.0. The molecule has 0 unspecified atom stereocenters. The summed E-state index contributed by atoms with van der Waals surface area (Å²) < 4.78 is 16.9. The lowest BCUT2D eigenvalue weighted by Crippen LogP contribution is -2.28. The summed E-state index contributed by atoms with van der Waals surface area (Å²) in [6.07, 6.45) is 1.97. The molecule has 4 heteroatoms. The highest BCUT2D eigenvalue weighted by Crippen LogP contribution is 2.29. The SMILES string of the molecule is CCOC(=O)[C@H](Cc1ccc(OCC=C(c2ccc(-c3ccccc3)cc2)c2ccc(-c3ccccc3)cc2)cc1)OCC. The Morgan fingerprint density at radius 3 is 1.59 bits per heavy atom. The quantitative estimate of drug-likeness (QED) is 0.130. The van der Waals surface area contributed by atoms with Crippen molar-refractivity contribution in [1.82, 2.24) is 0 Å². The average Bonchev–Trinajstić information content (AvgIpc) is 3.08. The van der Waals surface area contributed by atoms with E-state index < -0.39 is 6.10 Å². The minimum atomic E-state index is -0.612. The smallest absolute Gasteiger partial charge is 0.335 e. The number of hydrogen-bond acceptors (Lipinski definition) is 4. The van der Waals surface area contributed by atoms with Crippen LogP contribution in [-0.4, -0.2) is 31.9 Å². The van der Waals surface area contributed by atoms with Crippen molar-refractivity contribution >= 4 is 11.5 Å². The summed E-state index contributed by atoms with van der Waals surface area (Å²) in [5, 5.41) is 0. The van der Waals surface area contributed by atoms with Gasteiger partial charge in [0.1, 0.15) is 12.4 Å². The highest BCUT2D eigenvalue weighted by atomic mass is 16.6. The maximum Gasteiger partial charge on any atom is 0.335 e. The lowest BCUT2D eigenvalue weighted by Gasteiger charge is -2.16. The van der Waals surface area contributed by atoms with Crippen LogP contribution >= 0.6 is 0 Å². The first kappa shape index (κ1) is 30.5. The van der Waals surface area contributed by atoms with E-state index in [-0.39, 0.29) is 5.97 Å². The summed E-state index contributed by atoms with van der Waals surface area (Å²) in [5.74, 6) is 0.424. The van der Waals surface area contributed by atoms with Crippen LogP contribution in [0.1, 0.15) is 30.5 Å². The van der Waals surface area contributed by atoms with E-state index in [2.05, 4.69) is 103 Å². The third-order valence-corrected chi connectivity index (χ3v) is 7.41. The van der Waals surface area contributed by atoms with Crippen molar-refractivity contribution in [2.75, 3.05) is 19.8 Å². The molecule has 0 spiro atoms. The van der Waals surface area contributed by atoms with Gasteiger partial charge in [-0.1, -0.05) is 121 Å². The Labute approximate surface area is 260 Å². The first-order valence-corrected chi connectivity index (χ1v) is 15.2. The molecule has 5 rings (SSSR count). The molecule has 0 N–H and O–H groups in total. The maximum absolute atomic E-state index is 12.2. The molecule has 0 amide bonds. The number of carbonyl (C=O) groups is 1. The molecule has 1 atom stereocenters. The number of carbonyl (C=O) groups excluding carboxylic acids is 1. The zero-order valence-corrected chi connectivity index (χ0v) is 25.3. The van der Waals surface area contributed by atoms with Crippen LogP contribution in [-0.2, 0) is 20.7 Å². The second-order valence-corrected chi connectivity index (χ2v) is 10.4. The van der Waals surface area contributed by atoms with Gasteiger partial charge in [-0.05, 0) is 76.6 Å². The molecular weight excluding hydrogens is 544 g/mol. The van der Waals surface area contributed by atoms with Crippen LogP contribution in [0.2, 0.25) is 0 Å². The minimum absolute atomic E-state index is 0.332. The van der Waals surface area contributed by atoms with Crippen molar-refractivity contribution in [3.05, 3.63) is 156 Å². The number of benzene rings is 5. The van der Waals surface area contributed by atoms with Gasteiger partial charge >= 0.3 is 5.97 Å². The molecule has 222 valence electrons. The second kappa shape index (κ2) is 15.5. The van der Waals surface area contributed by atoms with E-state index in [1.165, 1.54) is 22.3 Å². The van der Waals surface area contributed by atoms with Crippen LogP contribution in [0.4, 0.5) is 0 Å². The fraction of sp³-hybridized carbons (Fsp3) is 0.175. The lowest BCUT2D eigenvalue weighted by atomic mass is 9.94.